The smallest absolute Gasteiger partial charge is 0.0995 e. The summed E-state index contributed by atoms with van der Waals surface area (Å²) in [5.74, 6) is 0. The highest BCUT2D eigenvalue weighted by Crippen LogP contribution is 2.38. The molecule has 1 unspecified atom stereocenters. The van der Waals surface area contributed by atoms with Gasteiger partial charge in [0.1, 0.15) is 0 Å². The summed E-state index contributed by atoms with van der Waals surface area (Å²) in [6.07, 6.45) is 1.09. The van der Waals surface area contributed by atoms with Gasteiger partial charge in [-0.1, -0.05) is 48.5 Å². The summed E-state index contributed by atoms with van der Waals surface area (Å²) < 4.78 is 0. The van der Waals surface area contributed by atoms with Crippen molar-refractivity contribution in [2.75, 3.05) is 6.54 Å². The van der Waals surface area contributed by atoms with Crippen molar-refractivity contribution in [3.8, 4) is 6.07 Å². The number of thiophene rings is 1. The number of nitrogens with zero attached hydrogens (tertiary/aromatic N) is 2. The number of nitriles is 1. The molecule has 1 aromatic heterocycles. The third-order valence-electron chi connectivity index (χ3n) is 4.69. The fourth-order valence-electron chi connectivity index (χ4n) is 3.55. The molecule has 2 aromatic carbocycles. The SMILES string of the molecule is N#Cc1ccccc1CN1CCc2sccc2C1c1ccccc1. The normalized spacial score (nSPS) is 17.2. The van der Waals surface area contributed by atoms with E-state index in [0.717, 1.165) is 30.6 Å². The van der Waals surface area contributed by atoms with Crippen LogP contribution in [0.2, 0.25) is 0 Å². The predicted octanol–water partition coefficient (Wildman–Crippen LogP) is 4.77. The zero-order valence-electron chi connectivity index (χ0n) is 13.4. The first-order chi connectivity index (χ1) is 11.9. The molecule has 3 heteroatoms. The second kappa shape index (κ2) is 6.60. The fourth-order valence-corrected chi connectivity index (χ4v) is 4.45. The van der Waals surface area contributed by atoms with Crippen molar-refractivity contribution >= 4 is 11.3 Å². The van der Waals surface area contributed by atoms with Crippen molar-refractivity contribution < 1.29 is 0 Å². The average molecular weight is 330 g/mol. The Morgan fingerprint density at radius 2 is 1.83 bits per heavy atom. The maximum Gasteiger partial charge on any atom is 0.0995 e. The van der Waals surface area contributed by atoms with Crippen LogP contribution in [0.3, 0.4) is 0 Å². The fraction of sp³-hybridized carbons (Fsp3) is 0.190. The molecular weight excluding hydrogens is 312 g/mol. The summed E-state index contributed by atoms with van der Waals surface area (Å²) in [6.45, 7) is 1.82. The maximum atomic E-state index is 9.39. The third-order valence-corrected chi connectivity index (χ3v) is 5.69. The lowest BCUT2D eigenvalue weighted by Crippen LogP contribution is -2.35. The summed E-state index contributed by atoms with van der Waals surface area (Å²) in [6, 6.07) is 23.5. The second-order valence-electron chi connectivity index (χ2n) is 6.10. The van der Waals surface area contributed by atoms with Crippen LogP contribution in [0, 0.1) is 11.3 Å². The minimum atomic E-state index is 0.271. The van der Waals surface area contributed by atoms with E-state index in [0.29, 0.717) is 0 Å². The van der Waals surface area contributed by atoms with Crippen molar-refractivity contribution in [1.29, 1.82) is 5.26 Å². The van der Waals surface area contributed by atoms with Gasteiger partial charge in [-0.3, -0.25) is 4.90 Å². The number of benzene rings is 2. The molecule has 0 fully saturated rings. The van der Waals surface area contributed by atoms with E-state index in [-0.39, 0.29) is 6.04 Å². The summed E-state index contributed by atoms with van der Waals surface area (Å²) in [5.41, 5.74) is 4.64. The first-order valence-corrected chi connectivity index (χ1v) is 9.08. The Balaban J connectivity index is 1.73. The molecule has 0 amide bonds. The molecule has 0 N–H and O–H groups in total. The summed E-state index contributed by atoms with van der Waals surface area (Å²) in [4.78, 5) is 3.99. The van der Waals surface area contributed by atoms with Crippen LogP contribution in [0.25, 0.3) is 0 Å². The molecule has 24 heavy (non-hydrogen) atoms. The van der Waals surface area contributed by atoms with Gasteiger partial charge in [0, 0.05) is 18.0 Å². The molecule has 1 aliphatic heterocycles. The first-order valence-electron chi connectivity index (χ1n) is 8.20. The molecule has 2 nitrogen and oxygen atoms in total. The van der Waals surface area contributed by atoms with E-state index in [4.69, 9.17) is 0 Å². The molecule has 0 aliphatic carbocycles. The van der Waals surface area contributed by atoms with Gasteiger partial charge in [-0.25, -0.2) is 0 Å². The lowest BCUT2D eigenvalue weighted by Gasteiger charge is -2.36. The number of hydrogen-bond acceptors (Lipinski definition) is 3. The van der Waals surface area contributed by atoms with Crippen LogP contribution in [0.5, 0.6) is 0 Å². The highest BCUT2D eigenvalue weighted by Gasteiger charge is 2.29. The van der Waals surface area contributed by atoms with Gasteiger partial charge < -0.3 is 0 Å². The Hall–Kier alpha value is -2.41. The highest BCUT2D eigenvalue weighted by molar-refractivity contribution is 7.10. The Bertz CT molecular complexity index is 876. The van der Waals surface area contributed by atoms with Gasteiger partial charge in [0.05, 0.1) is 17.7 Å². The molecule has 0 bridgehead atoms. The van der Waals surface area contributed by atoms with Crippen LogP contribution in [0.1, 0.15) is 33.2 Å². The van der Waals surface area contributed by atoms with Crippen LogP contribution in [-0.4, -0.2) is 11.4 Å². The van der Waals surface area contributed by atoms with E-state index in [1.54, 1.807) is 0 Å². The summed E-state index contributed by atoms with van der Waals surface area (Å²) >= 11 is 1.86. The van der Waals surface area contributed by atoms with Crippen molar-refractivity contribution in [3.05, 3.63) is 93.2 Å². The van der Waals surface area contributed by atoms with Gasteiger partial charge in [0.25, 0.3) is 0 Å². The van der Waals surface area contributed by atoms with Gasteiger partial charge in [-0.15, -0.1) is 11.3 Å². The van der Waals surface area contributed by atoms with E-state index in [2.05, 4.69) is 58.8 Å². The van der Waals surface area contributed by atoms with E-state index in [1.165, 1.54) is 16.0 Å². The highest BCUT2D eigenvalue weighted by atomic mass is 32.1. The van der Waals surface area contributed by atoms with Gasteiger partial charge in [0.2, 0.25) is 0 Å². The minimum absolute atomic E-state index is 0.271. The van der Waals surface area contributed by atoms with E-state index in [9.17, 15) is 5.26 Å². The quantitative estimate of drug-likeness (QED) is 0.692. The molecular formula is C21H18N2S. The largest absolute Gasteiger partial charge is 0.288 e. The predicted molar refractivity (Wildman–Crippen MR) is 97.9 cm³/mol. The van der Waals surface area contributed by atoms with Gasteiger partial charge in [-0.2, -0.15) is 5.26 Å². The minimum Gasteiger partial charge on any atom is -0.288 e. The standard InChI is InChI=1S/C21H18N2S/c22-14-17-8-4-5-9-18(17)15-23-12-10-20-19(11-13-24-20)21(23)16-6-2-1-3-7-16/h1-9,11,13,21H,10,12,15H2. The Morgan fingerprint density at radius 1 is 1.04 bits per heavy atom. The first kappa shape index (κ1) is 15.1. The lowest BCUT2D eigenvalue weighted by atomic mass is 9.92. The molecule has 0 radical (unpaired) electrons. The molecule has 0 saturated carbocycles. The van der Waals surface area contributed by atoms with Crippen molar-refractivity contribution in [1.82, 2.24) is 4.90 Å². The van der Waals surface area contributed by atoms with Crippen LogP contribution >= 0.6 is 11.3 Å². The molecule has 3 aromatic rings. The Kier molecular flexibility index (Phi) is 4.17. The lowest BCUT2D eigenvalue weighted by molar-refractivity contribution is 0.206. The molecule has 1 aliphatic rings. The zero-order chi connectivity index (χ0) is 16.4. The molecule has 118 valence electrons. The van der Waals surface area contributed by atoms with Crippen LogP contribution in [0.4, 0.5) is 0 Å². The molecule has 0 saturated heterocycles. The summed E-state index contributed by atoms with van der Waals surface area (Å²) in [7, 11) is 0. The van der Waals surface area contributed by atoms with Gasteiger partial charge in [0.15, 0.2) is 0 Å². The monoisotopic (exact) mass is 330 g/mol. The van der Waals surface area contributed by atoms with Gasteiger partial charge >= 0.3 is 0 Å². The Morgan fingerprint density at radius 3 is 2.67 bits per heavy atom. The molecule has 2 heterocycles. The maximum absolute atomic E-state index is 9.39. The zero-order valence-corrected chi connectivity index (χ0v) is 14.2. The Labute approximate surface area is 146 Å². The number of fused-ring (bicyclic) bond motifs is 1. The van der Waals surface area contributed by atoms with Crippen molar-refractivity contribution in [2.24, 2.45) is 0 Å². The topological polar surface area (TPSA) is 27.0 Å². The van der Waals surface area contributed by atoms with Crippen LogP contribution < -0.4 is 0 Å². The van der Waals surface area contributed by atoms with Crippen LogP contribution in [-0.2, 0) is 13.0 Å². The molecule has 1 atom stereocenters. The molecule has 4 rings (SSSR count). The summed E-state index contributed by atoms with van der Waals surface area (Å²) in [5, 5.41) is 11.6. The van der Waals surface area contributed by atoms with E-state index in [1.807, 2.05) is 29.5 Å². The van der Waals surface area contributed by atoms with Crippen molar-refractivity contribution in [2.45, 2.75) is 19.0 Å². The number of hydrogen-bond donors (Lipinski definition) is 0. The van der Waals surface area contributed by atoms with Crippen molar-refractivity contribution in [3.63, 3.8) is 0 Å². The van der Waals surface area contributed by atoms with Gasteiger partial charge in [-0.05, 0) is 40.6 Å². The number of rotatable bonds is 3. The third kappa shape index (κ3) is 2.75. The van der Waals surface area contributed by atoms with E-state index < -0.39 is 0 Å². The second-order valence-corrected chi connectivity index (χ2v) is 7.10. The molecule has 0 spiro atoms. The average Bonchev–Trinajstić information content (AvgIpc) is 3.11. The van der Waals surface area contributed by atoms with Crippen LogP contribution in [0.15, 0.2) is 66.0 Å². The van der Waals surface area contributed by atoms with E-state index >= 15 is 0 Å².